The number of thiophene rings is 1. The maximum atomic E-state index is 11.1. The lowest BCUT2D eigenvalue weighted by Gasteiger charge is -2.23. The van der Waals surface area contributed by atoms with E-state index in [9.17, 15) is 4.79 Å². The zero-order valence-electron chi connectivity index (χ0n) is 9.70. The zero-order valence-corrected chi connectivity index (χ0v) is 12.1. The van der Waals surface area contributed by atoms with Crippen LogP contribution in [-0.4, -0.2) is 31.1 Å². The van der Waals surface area contributed by atoms with Crippen LogP contribution in [0.2, 0.25) is 0 Å². The van der Waals surface area contributed by atoms with Gasteiger partial charge in [0.25, 0.3) is 0 Å². The fraction of sp³-hybridized carbons (Fsp3) is 0.545. The van der Waals surface area contributed by atoms with E-state index >= 15 is 0 Å². The summed E-state index contributed by atoms with van der Waals surface area (Å²) < 4.78 is 5.79. The van der Waals surface area contributed by atoms with Crippen LogP contribution in [0, 0.1) is 0 Å². The average molecular weight is 306 g/mol. The molecule has 1 aromatic heterocycles. The predicted octanol–water partition coefficient (Wildman–Crippen LogP) is 2.89. The summed E-state index contributed by atoms with van der Waals surface area (Å²) in [4.78, 5) is 13.3. The molecule has 1 aromatic rings. The van der Waals surface area contributed by atoms with Gasteiger partial charge in [-0.05, 0) is 46.9 Å². The molecule has 3 nitrogen and oxygen atoms in total. The van der Waals surface area contributed by atoms with Crippen molar-refractivity contribution in [1.82, 2.24) is 4.90 Å². The molecule has 0 radical (unpaired) electrons. The molecule has 1 atom stereocenters. The summed E-state index contributed by atoms with van der Waals surface area (Å²) in [6.07, 6.45) is 0.429. The van der Waals surface area contributed by atoms with E-state index in [1.807, 2.05) is 14.0 Å². The fourth-order valence-corrected chi connectivity index (χ4v) is 2.55. The summed E-state index contributed by atoms with van der Waals surface area (Å²) in [6, 6.07) is 2.29. The van der Waals surface area contributed by atoms with Gasteiger partial charge in [-0.3, -0.25) is 9.69 Å². The quantitative estimate of drug-likeness (QED) is 0.784. The molecule has 0 aliphatic rings. The highest BCUT2D eigenvalue weighted by Crippen LogP contribution is 2.22. The standard InChI is InChI=1S/C11H16BrNO2S/c1-8(4-11(14)15-3)13(2)6-9-5-10(12)16-7-9/h5,7-8H,4,6H2,1-3H3. The van der Waals surface area contributed by atoms with Crippen molar-refractivity contribution in [2.45, 2.75) is 25.9 Å². The lowest BCUT2D eigenvalue weighted by Crippen LogP contribution is -2.30. The number of carbonyl (C=O) groups is 1. The summed E-state index contributed by atoms with van der Waals surface area (Å²) in [6.45, 7) is 2.87. The van der Waals surface area contributed by atoms with Gasteiger partial charge < -0.3 is 4.74 Å². The van der Waals surface area contributed by atoms with Gasteiger partial charge in [-0.1, -0.05) is 0 Å². The van der Waals surface area contributed by atoms with Gasteiger partial charge in [0, 0.05) is 12.6 Å². The van der Waals surface area contributed by atoms with Crippen molar-refractivity contribution >= 4 is 33.2 Å². The van der Waals surface area contributed by atoms with E-state index < -0.39 is 0 Å². The zero-order chi connectivity index (χ0) is 12.1. The molecular weight excluding hydrogens is 290 g/mol. The van der Waals surface area contributed by atoms with Crippen LogP contribution in [0.5, 0.6) is 0 Å². The lowest BCUT2D eigenvalue weighted by atomic mass is 10.2. The second-order valence-corrected chi connectivity index (χ2v) is 6.09. The van der Waals surface area contributed by atoms with Crippen molar-refractivity contribution < 1.29 is 9.53 Å². The first-order valence-corrected chi connectivity index (χ1v) is 6.70. The molecule has 0 aliphatic carbocycles. The Balaban J connectivity index is 2.45. The molecule has 5 heteroatoms. The Hall–Kier alpha value is -0.390. The number of ether oxygens (including phenoxy) is 1. The lowest BCUT2D eigenvalue weighted by molar-refractivity contribution is -0.141. The molecule has 0 spiro atoms. The van der Waals surface area contributed by atoms with Crippen LogP contribution >= 0.6 is 27.3 Å². The van der Waals surface area contributed by atoms with Crippen molar-refractivity contribution in [2.75, 3.05) is 14.2 Å². The van der Waals surface area contributed by atoms with Crippen molar-refractivity contribution in [3.63, 3.8) is 0 Å². The van der Waals surface area contributed by atoms with Crippen LogP contribution in [0.15, 0.2) is 15.2 Å². The third-order valence-corrected chi connectivity index (χ3v) is 4.05. The first-order valence-electron chi connectivity index (χ1n) is 5.03. The third-order valence-electron chi connectivity index (χ3n) is 2.50. The van der Waals surface area contributed by atoms with E-state index in [1.54, 1.807) is 11.3 Å². The topological polar surface area (TPSA) is 29.5 Å². The fourth-order valence-electron chi connectivity index (χ4n) is 1.35. The van der Waals surface area contributed by atoms with E-state index in [2.05, 4.69) is 37.0 Å². The first kappa shape index (κ1) is 13.7. The molecule has 1 unspecified atom stereocenters. The van der Waals surface area contributed by atoms with Gasteiger partial charge in [-0.25, -0.2) is 0 Å². The summed E-state index contributed by atoms with van der Waals surface area (Å²) in [5.41, 5.74) is 1.26. The Morgan fingerprint density at radius 1 is 1.69 bits per heavy atom. The first-order chi connectivity index (χ1) is 7.52. The van der Waals surface area contributed by atoms with E-state index in [4.69, 9.17) is 0 Å². The number of nitrogens with zero attached hydrogens (tertiary/aromatic N) is 1. The number of esters is 1. The Bertz CT molecular complexity index is 354. The Morgan fingerprint density at radius 2 is 2.38 bits per heavy atom. The molecule has 0 amide bonds. The second kappa shape index (κ2) is 6.37. The average Bonchev–Trinajstić information content (AvgIpc) is 2.63. The highest BCUT2D eigenvalue weighted by molar-refractivity contribution is 9.11. The van der Waals surface area contributed by atoms with Gasteiger partial charge in [0.1, 0.15) is 0 Å². The number of halogens is 1. The largest absolute Gasteiger partial charge is 0.469 e. The van der Waals surface area contributed by atoms with E-state index in [0.717, 1.165) is 10.3 Å². The SMILES string of the molecule is COC(=O)CC(C)N(C)Cc1csc(Br)c1. The summed E-state index contributed by atoms with van der Waals surface area (Å²) in [5.74, 6) is -0.161. The number of hydrogen-bond donors (Lipinski definition) is 0. The highest BCUT2D eigenvalue weighted by Gasteiger charge is 2.14. The molecule has 16 heavy (non-hydrogen) atoms. The third kappa shape index (κ3) is 4.23. The maximum Gasteiger partial charge on any atom is 0.307 e. The van der Waals surface area contributed by atoms with Gasteiger partial charge in [0.2, 0.25) is 0 Å². The van der Waals surface area contributed by atoms with Crippen LogP contribution in [0.4, 0.5) is 0 Å². The van der Waals surface area contributed by atoms with Gasteiger partial charge in [0.15, 0.2) is 0 Å². The molecule has 0 N–H and O–H groups in total. The van der Waals surface area contributed by atoms with Crippen LogP contribution in [-0.2, 0) is 16.1 Å². The Labute approximate surface area is 109 Å². The molecule has 0 saturated heterocycles. The van der Waals surface area contributed by atoms with Gasteiger partial charge >= 0.3 is 5.97 Å². The van der Waals surface area contributed by atoms with Crippen molar-refractivity contribution in [3.05, 3.63) is 20.8 Å². The molecule has 0 aromatic carbocycles. The Morgan fingerprint density at radius 3 is 2.88 bits per heavy atom. The van der Waals surface area contributed by atoms with E-state index in [-0.39, 0.29) is 12.0 Å². The van der Waals surface area contributed by atoms with Gasteiger partial charge in [0.05, 0.1) is 17.3 Å². The van der Waals surface area contributed by atoms with Gasteiger partial charge in [-0.2, -0.15) is 0 Å². The molecule has 0 aliphatic heterocycles. The van der Waals surface area contributed by atoms with Crippen molar-refractivity contribution in [2.24, 2.45) is 0 Å². The van der Waals surface area contributed by atoms with Crippen molar-refractivity contribution in [3.8, 4) is 0 Å². The molecule has 90 valence electrons. The normalized spacial score (nSPS) is 12.8. The minimum atomic E-state index is -0.161. The molecular formula is C11H16BrNO2S. The minimum absolute atomic E-state index is 0.161. The summed E-state index contributed by atoms with van der Waals surface area (Å²) in [5, 5.41) is 2.12. The van der Waals surface area contributed by atoms with Gasteiger partial charge in [-0.15, -0.1) is 11.3 Å². The Kier molecular flexibility index (Phi) is 5.44. The molecule has 0 saturated carbocycles. The van der Waals surface area contributed by atoms with E-state index in [1.165, 1.54) is 12.7 Å². The van der Waals surface area contributed by atoms with Crippen LogP contribution < -0.4 is 0 Å². The number of hydrogen-bond acceptors (Lipinski definition) is 4. The molecule has 1 heterocycles. The minimum Gasteiger partial charge on any atom is -0.469 e. The number of rotatable bonds is 5. The summed E-state index contributed by atoms with van der Waals surface area (Å²) >= 11 is 5.11. The maximum absolute atomic E-state index is 11.1. The predicted molar refractivity (Wildman–Crippen MR) is 69.6 cm³/mol. The van der Waals surface area contributed by atoms with Crippen LogP contribution in [0.1, 0.15) is 18.9 Å². The molecule has 0 fully saturated rings. The van der Waals surface area contributed by atoms with Crippen LogP contribution in [0.3, 0.4) is 0 Å². The smallest absolute Gasteiger partial charge is 0.307 e. The second-order valence-electron chi connectivity index (χ2n) is 3.80. The summed E-state index contributed by atoms with van der Waals surface area (Å²) in [7, 11) is 3.43. The number of methoxy groups -OCH3 is 1. The van der Waals surface area contributed by atoms with Crippen LogP contribution in [0.25, 0.3) is 0 Å². The monoisotopic (exact) mass is 305 g/mol. The molecule has 1 rings (SSSR count). The number of carbonyl (C=O) groups excluding carboxylic acids is 1. The van der Waals surface area contributed by atoms with E-state index in [0.29, 0.717) is 6.42 Å². The van der Waals surface area contributed by atoms with Crippen molar-refractivity contribution in [1.29, 1.82) is 0 Å². The molecule has 0 bridgehead atoms. The highest BCUT2D eigenvalue weighted by atomic mass is 79.9.